The molecule has 0 spiro atoms. The number of hydrogen-bond acceptors (Lipinski definition) is 3. The predicted molar refractivity (Wildman–Crippen MR) is 74.9 cm³/mol. The van der Waals surface area contributed by atoms with E-state index in [2.05, 4.69) is 0 Å². The summed E-state index contributed by atoms with van der Waals surface area (Å²) < 4.78 is 26.3. The molecule has 0 aromatic heterocycles. The van der Waals surface area contributed by atoms with Gasteiger partial charge >= 0.3 is 5.97 Å². The SMILES string of the molecule is Cc1ccc(S(=O)(=O)N2CCC(C)CC2C(=O)O)cc1. The minimum atomic E-state index is -3.74. The van der Waals surface area contributed by atoms with Crippen LogP contribution < -0.4 is 0 Å². The summed E-state index contributed by atoms with van der Waals surface area (Å²) in [4.78, 5) is 11.5. The fraction of sp³-hybridized carbons (Fsp3) is 0.500. The summed E-state index contributed by atoms with van der Waals surface area (Å²) in [6.45, 7) is 4.08. The highest BCUT2D eigenvalue weighted by Crippen LogP contribution is 2.28. The van der Waals surface area contributed by atoms with E-state index in [4.69, 9.17) is 0 Å². The molecule has 2 rings (SSSR count). The quantitative estimate of drug-likeness (QED) is 0.924. The third-order valence-corrected chi connectivity index (χ3v) is 5.65. The first-order chi connectivity index (χ1) is 9.32. The second-order valence-corrected chi connectivity index (χ2v) is 7.30. The molecule has 0 aliphatic carbocycles. The third-order valence-electron chi connectivity index (χ3n) is 3.73. The predicted octanol–water partition coefficient (Wildman–Crippen LogP) is 1.87. The van der Waals surface area contributed by atoms with Gasteiger partial charge in [0, 0.05) is 6.54 Å². The number of aryl methyl sites for hydroxylation is 1. The van der Waals surface area contributed by atoms with Crippen LogP contribution in [0.3, 0.4) is 0 Å². The normalized spacial score (nSPS) is 24.5. The van der Waals surface area contributed by atoms with E-state index < -0.39 is 22.0 Å². The van der Waals surface area contributed by atoms with E-state index in [1.54, 1.807) is 12.1 Å². The van der Waals surface area contributed by atoms with Crippen molar-refractivity contribution < 1.29 is 18.3 Å². The van der Waals surface area contributed by atoms with Crippen molar-refractivity contribution in [1.82, 2.24) is 4.31 Å². The van der Waals surface area contributed by atoms with Gasteiger partial charge in [0.2, 0.25) is 10.0 Å². The van der Waals surface area contributed by atoms with Crippen LogP contribution in [0.5, 0.6) is 0 Å². The Morgan fingerprint density at radius 2 is 1.90 bits per heavy atom. The van der Waals surface area contributed by atoms with Gasteiger partial charge in [-0.15, -0.1) is 0 Å². The highest BCUT2D eigenvalue weighted by atomic mass is 32.2. The van der Waals surface area contributed by atoms with Crippen LogP contribution in [-0.4, -0.2) is 36.4 Å². The van der Waals surface area contributed by atoms with E-state index in [9.17, 15) is 18.3 Å². The average molecular weight is 297 g/mol. The molecule has 0 bridgehead atoms. The number of carboxylic acid groups (broad SMARTS) is 1. The molecule has 2 unspecified atom stereocenters. The van der Waals surface area contributed by atoms with Gasteiger partial charge in [-0.1, -0.05) is 24.6 Å². The van der Waals surface area contributed by atoms with Crippen LogP contribution in [0.15, 0.2) is 29.2 Å². The van der Waals surface area contributed by atoms with E-state index in [1.807, 2.05) is 13.8 Å². The molecule has 20 heavy (non-hydrogen) atoms. The summed E-state index contributed by atoms with van der Waals surface area (Å²) >= 11 is 0. The Bertz CT molecular complexity index is 594. The summed E-state index contributed by atoms with van der Waals surface area (Å²) in [7, 11) is -3.74. The fourth-order valence-corrected chi connectivity index (χ4v) is 4.09. The number of carbonyl (C=O) groups is 1. The molecule has 1 saturated heterocycles. The van der Waals surface area contributed by atoms with Gasteiger partial charge in [-0.3, -0.25) is 4.79 Å². The molecule has 1 aromatic rings. The summed E-state index contributed by atoms with van der Waals surface area (Å²) in [5.74, 6) is -0.854. The minimum absolute atomic E-state index is 0.156. The van der Waals surface area contributed by atoms with Gasteiger partial charge in [0.05, 0.1) is 4.90 Å². The Morgan fingerprint density at radius 1 is 1.30 bits per heavy atom. The van der Waals surface area contributed by atoms with Crippen molar-refractivity contribution >= 4 is 16.0 Å². The lowest BCUT2D eigenvalue weighted by molar-refractivity contribution is -0.143. The maximum atomic E-state index is 12.6. The van der Waals surface area contributed by atoms with Crippen molar-refractivity contribution in [3.8, 4) is 0 Å². The van der Waals surface area contributed by atoms with Gasteiger partial charge in [-0.2, -0.15) is 4.31 Å². The van der Waals surface area contributed by atoms with Gasteiger partial charge in [-0.05, 0) is 37.8 Å². The van der Waals surface area contributed by atoms with E-state index >= 15 is 0 Å². The highest BCUT2D eigenvalue weighted by Gasteiger charge is 2.39. The molecule has 1 aliphatic heterocycles. The first-order valence-electron chi connectivity index (χ1n) is 6.63. The number of hydrogen-bond donors (Lipinski definition) is 1. The maximum absolute atomic E-state index is 12.6. The molecule has 6 heteroatoms. The van der Waals surface area contributed by atoms with Crippen LogP contribution in [0, 0.1) is 12.8 Å². The first kappa shape index (κ1) is 15.0. The minimum Gasteiger partial charge on any atom is -0.480 e. The largest absolute Gasteiger partial charge is 0.480 e. The maximum Gasteiger partial charge on any atom is 0.322 e. The Morgan fingerprint density at radius 3 is 2.45 bits per heavy atom. The number of nitrogens with zero attached hydrogens (tertiary/aromatic N) is 1. The zero-order valence-electron chi connectivity index (χ0n) is 11.6. The topological polar surface area (TPSA) is 74.7 Å². The molecule has 2 atom stereocenters. The molecule has 0 amide bonds. The van der Waals surface area contributed by atoms with Crippen LogP contribution in [0.2, 0.25) is 0 Å². The van der Waals surface area contributed by atoms with Crippen molar-refractivity contribution in [3.05, 3.63) is 29.8 Å². The molecule has 0 saturated carbocycles. The highest BCUT2D eigenvalue weighted by molar-refractivity contribution is 7.89. The number of piperidine rings is 1. The van der Waals surface area contributed by atoms with Crippen LogP contribution >= 0.6 is 0 Å². The molecule has 1 N–H and O–H groups in total. The van der Waals surface area contributed by atoms with Crippen LogP contribution in [0.25, 0.3) is 0 Å². The molecule has 1 aromatic carbocycles. The van der Waals surface area contributed by atoms with Gasteiger partial charge in [0.1, 0.15) is 6.04 Å². The Hall–Kier alpha value is -1.40. The zero-order chi connectivity index (χ0) is 14.9. The Balaban J connectivity index is 2.36. The van der Waals surface area contributed by atoms with E-state index in [0.717, 1.165) is 9.87 Å². The smallest absolute Gasteiger partial charge is 0.322 e. The van der Waals surface area contributed by atoms with Gasteiger partial charge in [0.15, 0.2) is 0 Å². The average Bonchev–Trinajstić information content (AvgIpc) is 2.38. The molecule has 0 radical (unpaired) electrons. The van der Waals surface area contributed by atoms with Gasteiger partial charge < -0.3 is 5.11 Å². The van der Waals surface area contributed by atoms with Crippen molar-refractivity contribution in [2.75, 3.05) is 6.54 Å². The second kappa shape index (κ2) is 5.54. The summed E-state index contributed by atoms with van der Waals surface area (Å²) in [6, 6.07) is 5.53. The standard InChI is InChI=1S/C14H19NO4S/c1-10-3-5-12(6-4-10)20(18,19)15-8-7-11(2)9-13(15)14(16)17/h3-6,11,13H,7-9H2,1-2H3,(H,16,17). The van der Waals surface area contributed by atoms with Crippen molar-refractivity contribution in [3.63, 3.8) is 0 Å². The monoisotopic (exact) mass is 297 g/mol. The molecule has 5 nitrogen and oxygen atoms in total. The number of benzene rings is 1. The molecule has 110 valence electrons. The molecule has 1 fully saturated rings. The number of rotatable bonds is 3. The number of sulfonamides is 1. The van der Waals surface area contributed by atoms with Gasteiger partial charge in [0.25, 0.3) is 0 Å². The lowest BCUT2D eigenvalue weighted by atomic mass is 9.94. The molecule has 1 heterocycles. The lowest BCUT2D eigenvalue weighted by Gasteiger charge is -2.34. The van der Waals surface area contributed by atoms with E-state index in [0.29, 0.717) is 12.8 Å². The molecule has 1 aliphatic rings. The van der Waals surface area contributed by atoms with Crippen molar-refractivity contribution in [1.29, 1.82) is 0 Å². The Labute approximate surface area is 119 Å². The van der Waals surface area contributed by atoms with E-state index in [-0.39, 0.29) is 17.4 Å². The summed E-state index contributed by atoms with van der Waals surface area (Å²) in [5, 5.41) is 9.27. The lowest BCUT2D eigenvalue weighted by Crippen LogP contribution is -2.49. The van der Waals surface area contributed by atoms with E-state index in [1.165, 1.54) is 12.1 Å². The van der Waals surface area contributed by atoms with Crippen LogP contribution in [0.4, 0.5) is 0 Å². The Kier molecular flexibility index (Phi) is 4.15. The first-order valence-corrected chi connectivity index (χ1v) is 8.07. The third kappa shape index (κ3) is 2.86. The fourth-order valence-electron chi connectivity index (χ4n) is 2.48. The number of aliphatic carboxylic acids is 1. The second-order valence-electron chi connectivity index (χ2n) is 5.41. The molecular weight excluding hydrogens is 278 g/mol. The van der Waals surface area contributed by atoms with Gasteiger partial charge in [-0.25, -0.2) is 8.42 Å². The van der Waals surface area contributed by atoms with Crippen molar-refractivity contribution in [2.24, 2.45) is 5.92 Å². The summed E-state index contributed by atoms with van der Waals surface area (Å²) in [6.07, 6.45) is 1.05. The van der Waals surface area contributed by atoms with Crippen LogP contribution in [0.1, 0.15) is 25.3 Å². The summed E-state index contributed by atoms with van der Waals surface area (Å²) in [5.41, 5.74) is 0.964. The van der Waals surface area contributed by atoms with Crippen LogP contribution in [-0.2, 0) is 14.8 Å². The number of carboxylic acids is 1. The molecular formula is C14H19NO4S. The zero-order valence-corrected chi connectivity index (χ0v) is 12.4. The van der Waals surface area contributed by atoms with Crippen molar-refractivity contribution in [2.45, 2.75) is 37.6 Å².